The van der Waals surface area contributed by atoms with Gasteiger partial charge in [-0.3, -0.25) is 24.4 Å². The highest BCUT2D eigenvalue weighted by atomic mass is 16.5. The van der Waals surface area contributed by atoms with Crippen LogP contribution in [0.25, 0.3) is 0 Å². The van der Waals surface area contributed by atoms with Gasteiger partial charge in [0.2, 0.25) is 23.6 Å². The molecule has 0 fully saturated rings. The Kier molecular flexibility index (Phi) is 12.9. The maximum Gasteiger partial charge on any atom is 0.247 e. The molecule has 1 aromatic carbocycles. The molecule has 2 bridgehead atoms. The number of hydrogen-bond donors (Lipinski definition) is 6. The normalized spacial score (nSPS) is 20.4. The molecule has 1 aromatic rings. The minimum absolute atomic E-state index is 0.0885. The maximum atomic E-state index is 13.5. The van der Waals surface area contributed by atoms with Crippen molar-refractivity contribution in [2.24, 2.45) is 17.8 Å². The molecule has 4 amide bonds. The zero-order valence-corrected chi connectivity index (χ0v) is 22.0. The molecule has 11 heteroatoms. The van der Waals surface area contributed by atoms with Gasteiger partial charge in [-0.1, -0.05) is 26.0 Å². The van der Waals surface area contributed by atoms with Gasteiger partial charge in [0.15, 0.2) is 0 Å². The Hall–Kier alpha value is -3.18. The summed E-state index contributed by atoms with van der Waals surface area (Å²) < 4.78 is 5.77. The van der Waals surface area contributed by atoms with E-state index < -0.39 is 35.6 Å². The second-order valence-electron chi connectivity index (χ2n) is 9.74. The first-order valence-electron chi connectivity index (χ1n) is 12.9. The van der Waals surface area contributed by atoms with Gasteiger partial charge in [-0.05, 0) is 62.9 Å². The molecule has 2 aliphatic heterocycles. The zero-order chi connectivity index (χ0) is 27.2. The lowest BCUT2D eigenvalue weighted by Gasteiger charge is -2.28. The van der Waals surface area contributed by atoms with Crippen LogP contribution >= 0.6 is 0 Å². The number of fused-ring (bicyclic) bond motifs is 11. The van der Waals surface area contributed by atoms with E-state index in [0.29, 0.717) is 38.2 Å². The first-order chi connectivity index (χ1) is 17.7. The molecule has 0 saturated heterocycles. The molecule has 3 atom stereocenters. The van der Waals surface area contributed by atoms with Crippen LogP contribution in [0.3, 0.4) is 0 Å². The first-order valence-corrected chi connectivity index (χ1v) is 12.9. The highest BCUT2D eigenvalue weighted by Crippen LogP contribution is 2.27. The molecule has 0 radical (unpaired) electrons. The van der Waals surface area contributed by atoms with E-state index in [1.54, 1.807) is 17.6 Å². The minimum Gasteiger partial charge on any atom is -0.494 e. The van der Waals surface area contributed by atoms with Gasteiger partial charge in [-0.2, -0.15) is 0 Å². The van der Waals surface area contributed by atoms with Gasteiger partial charge in [0.25, 0.3) is 0 Å². The van der Waals surface area contributed by atoms with E-state index in [-0.39, 0.29) is 24.8 Å². The molecule has 1 unspecified atom stereocenters. The van der Waals surface area contributed by atoms with Crippen molar-refractivity contribution in [1.29, 1.82) is 0 Å². The van der Waals surface area contributed by atoms with Crippen LogP contribution in [-0.2, 0) is 25.6 Å². The predicted molar refractivity (Wildman–Crippen MR) is 138 cm³/mol. The Labute approximate surface area is 218 Å². The highest BCUT2D eigenvalue weighted by Gasteiger charge is 2.36. The number of carbonyl (C=O) groups is 4. The van der Waals surface area contributed by atoms with E-state index in [4.69, 9.17) is 4.74 Å². The number of carbonyl (C=O) groups excluding carboxylic acids is 4. The van der Waals surface area contributed by atoms with E-state index in [1.165, 1.54) is 0 Å². The molecule has 3 rings (SSSR count). The fraction of sp³-hybridized carbons (Fsp3) is 0.615. The summed E-state index contributed by atoms with van der Waals surface area (Å²) in [6, 6.07) is 6.27. The quantitative estimate of drug-likeness (QED) is 0.149. The summed E-state index contributed by atoms with van der Waals surface area (Å²) in [5, 5.41) is 20.5. The molecule has 206 valence electrons. The molecule has 0 aromatic heterocycles. The van der Waals surface area contributed by atoms with E-state index >= 15 is 0 Å². The van der Waals surface area contributed by atoms with Gasteiger partial charge in [0, 0.05) is 18.9 Å². The molecule has 37 heavy (non-hydrogen) atoms. The van der Waals surface area contributed by atoms with E-state index in [2.05, 4.69) is 21.3 Å². The molecule has 2 aliphatic rings. The minimum atomic E-state index is -0.966. The third-order valence-corrected chi connectivity index (χ3v) is 6.27. The maximum absolute atomic E-state index is 13.5. The van der Waals surface area contributed by atoms with Crippen molar-refractivity contribution in [1.82, 2.24) is 26.7 Å². The van der Waals surface area contributed by atoms with Crippen molar-refractivity contribution in [3.8, 4) is 5.75 Å². The summed E-state index contributed by atoms with van der Waals surface area (Å²) in [6.45, 7) is 5.26. The van der Waals surface area contributed by atoms with Gasteiger partial charge in [-0.15, -0.1) is 0 Å². The Balaban J connectivity index is 2.24. The third kappa shape index (κ3) is 10.4. The number of ether oxygens (including phenoxy) is 1. The average molecular weight is 520 g/mol. The molecule has 2 heterocycles. The fourth-order valence-electron chi connectivity index (χ4n) is 4.34. The van der Waals surface area contributed by atoms with Crippen LogP contribution in [0.2, 0.25) is 0 Å². The van der Waals surface area contributed by atoms with Crippen LogP contribution in [-0.4, -0.2) is 68.2 Å². The average Bonchev–Trinajstić information content (AvgIpc) is 2.88. The van der Waals surface area contributed by atoms with Gasteiger partial charge in [-0.25, -0.2) is 5.48 Å². The topological polar surface area (TPSA) is 158 Å². The summed E-state index contributed by atoms with van der Waals surface area (Å²) >= 11 is 0. The Morgan fingerprint density at radius 3 is 2.49 bits per heavy atom. The van der Waals surface area contributed by atoms with E-state index in [0.717, 1.165) is 18.5 Å². The SMILES string of the molecule is CNCCCNC(=O)CNC(=O)C1Cc2ccc(cc2)OCCC[C@H](C(=O)NO)[C@@H](CC(C)C)C(=O)N1. The largest absolute Gasteiger partial charge is 0.494 e. The summed E-state index contributed by atoms with van der Waals surface area (Å²) in [5.74, 6) is -2.74. The number of benzene rings is 1. The molecule has 0 aliphatic carbocycles. The van der Waals surface area contributed by atoms with Crippen molar-refractivity contribution in [3.05, 3.63) is 29.8 Å². The van der Waals surface area contributed by atoms with Crippen LogP contribution in [0.4, 0.5) is 0 Å². The van der Waals surface area contributed by atoms with Crippen LogP contribution < -0.4 is 31.5 Å². The third-order valence-electron chi connectivity index (χ3n) is 6.27. The smallest absolute Gasteiger partial charge is 0.247 e. The van der Waals surface area contributed by atoms with Crippen molar-refractivity contribution in [2.45, 2.75) is 52.0 Å². The summed E-state index contributed by atoms with van der Waals surface area (Å²) in [4.78, 5) is 51.3. The monoisotopic (exact) mass is 519 g/mol. The Morgan fingerprint density at radius 1 is 1.11 bits per heavy atom. The lowest BCUT2D eigenvalue weighted by Crippen LogP contribution is -2.53. The fourth-order valence-corrected chi connectivity index (χ4v) is 4.34. The predicted octanol–water partition coefficient (Wildman–Crippen LogP) is 0.512. The van der Waals surface area contributed by atoms with E-state index in [1.807, 2.05) is 33.0 Å². The van der Waals surface area contributed by atoms with Crippen molar-refractivity contribution in [3.63, 3.8) is 0 Å². The van der Waals surface area contributed by atoms with Crippen molar-refractivity contribution in [2.75, 3.05) is 33.3 Å². The molecule has 0 spiro atoms. The number of hydroxylamine groups is 1. The van der Waals surface area contributed by atoms with E-state index in [9.17, 15) is 24.4 Å². The Morgan fingerprint density at radius 2 is 1.84 bits per heavy atom. The van der Waals surface area contributed by atoms with Crippen LogP contribution in [0.5, 0.6) is 5.75 Å². The number of hydrogen-bond acceptors (Lipinski definition) is 7. The van der Waals surface area contributed by atoms with Gasteiger partial charge >= 0.3 is 0 Å². The standard InChI is InChI=1S/C26H41N5O6/c1-17(2)14-21-20(25(34)31-36)6-4-13-37-19-9-7-18(8-10-19)15-22(30-24(21)33)26(35)29-16-23(32)28-12-5-11-27-3/h7-10,17,20-22,27,36H,4-6,11-16H2,1-3H3,(H,28,32)(H,29,35)(H,30,33)(H,31,34)/t20-,21+,22?/m0/s1. The summed E-state index contributed by atoms with van der Waals surface area (Å²) in [5.41, 5.74) is 2.49. The molecule has 0 saturated carbocycles. The lowest BCUT2D eigenvalue weighted by molar-refractivity contribution is -0.142. The summed E-state index contributed by atoms with van der Waals surface area (Å²) in [7, 11) is 1.83. The molecule has 11 nitrogen and oxygen atoms in total. The number of amides is 4. The van der Waals surface area contributed by atoms with Crippen molar-refractivity contribution < 1.29 is 29.1 Å². The van der Waals surface area contributed by atoms with Gasteiger partial charge in [0.1, 0.15) is 11.8 Å². The zero-order valence-electron chi connectivity index (χ0n) is 22.0. The van der Waals surface area contributed by atoms with Crippen LogP contribution in [0, 0.1) is 17.8 Å². The van der Waals surface area contributed by atoms with Crippen molar-refractivity contribution >= 4 is 23.6 Å². The van der Waals surface area contributed by atoms with Crippen LogP contribution in [0.15, 0.2) is 24.3 Å². The number of rotatable bonds is 10. The summed E-state index contributed by atoms with van der Waals surface area (Å²) in [6.07, 6.45) is 2.15. The Bertz CT molecular complexity index is 892. The highest BCUT2D eigenvalue weighted by molar-refractivity contribution is 5.93. The van der Waals surface area contributed by atoms with Gasteiger partial charge in [0.05, 0.1) is 19.1 Å². The lowest BCUT2D eigenvalue weighted by atomic mass is 9.81. The first kappa shape index (κ1) is 30.0. The molecule has 6 N–H and O–H groups in total. The number of nitrogens with one attached hydrogen (secondary N) is 5. The van der Waals surface area contributed by atoms with Crippen LogP contribution in [0.1, 0.15) is 45.1 Å². The molecular weight excluding hydrogens is 478 g/mol. The second kappa shape index (κ2) is 15.8. The molecular formula is C26H41N5O6. The van der Waals surface area contributed by atoms with Gasteiger partial charge < -0.3 is 26.0 Å². The second-order valence-corrected chi connectivity index (χ2v) is 9.74.